The second kappa shape index (κ2) is 6.73. The molecule has 0 aliphatic heterocycles. The van der Waals surface area contributed by atoms with Crippen LogP contribution in [0.3, 0.4) is 0 Å². The third-order valence-electron chi connectivity index (χ3n) is 5.05. The fraction of sp³-hybridized carbons (Fsp3) is 0.136. The number of carbonyl (C=O) groups excluding carboxylic acids is 1. The zero-order chi connectivity index (χ0) is 19.1. The first-order chi connectivity index (χ1) is 13.7. The average molecular weight is 387 g/mol. The van der Waals surface area contributed by atoms with Crippen LogP contribution in [0.1, 0.15) is 26.4 Å². The number of nitrogens with zero attached hydrogens (tertiary/aromatic N) is 2. The summed E-state index contributed by atoms with van der Waals surface area (Å²) in [6.45, 7) is 1.96. The lowest BCUT2D eigenvalue weighted by molar-refractivity contribution is 0.103. The Balaban J connectivity index is 1.45. The molecule has 6 heteroatoms. The van der Waals surface area contributed by atoms with E-state index in [1.807, 2.05) is 31.2 Å². The largest absolute Gasteiger partial charge is 0.423 e. The highest BCUT2D eigenvalue weighted by Gasteiger charge is 2.21. The number of rotatable bonds is 3. The van der Waals surface area contributed by atoms with Crippen LogP contribution in [0, 0.1) is 6.92 Å². The van der Waals surface area contributed by atoms with Crippen LogP contribution in [0.2, 0.25) is 0 Å². The molecule has 2 aromatic heterocycles. The van der Waals surface area contributed by atoms with Crippen LogP contribution in [0.25, 0.3) is 21.9 Å². The maximum atomic E-state index is 12.9. The van der Waals surface area contributed by atoms with E-state index in [1.54, 1.807) is 11.3 Å². The van der Waals surface area contributed by atoms with Crippen LogP contribution in [0.5, 0.6) is 0 Å². The van der Waals surface area contributed by atoms with Gasteiger partial charge in [0.1, 0.15) is 0 Å². The summed E-state index contributed by atoms with van der Waals surface area (Å²) >= 11 is 1.56. The Morgan fingerprint density at radius 2 is 1.96 bits per heavy atom. The Hall–Kier alpha value is -3.25. The van der Waals surface area contributed by atoms with Crippen molar-refractivity contribution in [1.29, 1.82) is 0 Å². The van der Waals surface area contributed by atoms with Crippen LogP contribution in [-0.4, -0.2) is 16.1 Å². The minimum absolute atomic E-state index is 0.0948. The molecular weight excluding hydrogens is 370 g/mol. The van der Waals surface area contributed by atoms with Gasteiger partial charge in [-0.15, -0.1) is 21.5 Å². The summed E-state index contributed by atoms with van der Waals surface area (Å²) in [5.74, 6) is 0.335. The van der Waals surface area contributed by atoms with Crippen LogP contribution < -0.4 is 5.32 Å². The lowest BCUT2D eigenvalue weighted by Crippen LogP contribution is -2.11. The zero-order valence-electron chi connectivity index (χ0n) is 15.2. The molecule has 0 radical (unpaired) electrons. The molecule has 0 unspecified atom stereocenters. The Labute approximate surface area is 166 Å². The van der Waals surface area contributed by atoms with Crippen LogP contribution >= 0.6 is 11.3 Å². The molecule has 0 spiro atoms. The molecule has 5 nitrogen and oxygen atoms in total. The monoisotopic (exact) mass is 387 g/mol. The molecule has 5 rings (SSSR count). The van der Waals surface area contributed by atoms with Gasteiger partial charge >= 0.3 is 0 Å². The van der Waals surface area contributed by atoms with Gasteiger partial charge < -0.3 is 9.73 Å². The number of anilines is 1. The second-order valence-electron chi connectivity index (χ2n) is 6.85. The Kier molecular flexibility index (Phi) is 4.06. The summed E-state index contributed by atoms with van der Waals surface area (Å²) in [6.07, 6.45) is 3.29. The van der Waals surface area contributed by atoms with Crippen molar-refractivity contribution in [2.24, 2.45) is 0 Å². The molecule has 0 saturated carbocycles. The molecule has 138 valence electrons. The third kappa shape index (κ3) is 2.92. The fourth-order valence-electron chi connectivity index (χ4n) is 3.56. The van der Waals surface area contributed by atoms with Gasteiger partial charge in [-0.2, -0.15) is 0 Å². The van der Waals surface area contributed by atoms with E-state index in [2.05, 4.69) is 39.8 Å². The number of benzene rings is 2. The van der Waals surface area contributed by atoms with E-state index in [1.165, 1.54) is 28.0 Å². The number of carbonyl (C=O) groups is 1. The Bertz CT molecular complexity index is 1180. The van der Waals surface area contributed by atoms with Crippen molar-refractivity contribution < 1.29 is 9.21 Å². The summed E-state index contributed by atoms with van der Waals surface area (Å²) in [7, 11) is 0. The van der Waals surface area contributed by atoms with Crippen LogP contribution in [-0.2, 0) is 12.8 Å². The molecule has 2 aromatic carbocycles. The molecule has 1 amide bonds. The fourth-order valence-corrected chi connectivity index (χ4v) is 4.72. The van der Waals surface area contributed by atoms with E-state index < -0.39 is 0 Å². The van der Waals surface area contributed by atoms with Gasteiger partial charge in [0.15, 0.2) is 0 Å². The first-order valence-electron chi connectivity index (χ1n) is 9.08. The smallest absolute Gasteiger partial charge is 0.265 e. The summed E-state index contributed by atoms with van der Waals surface area (Å²) in [6, 6.07) is 16.2. The van der Waals surface area contributed by atoms with E-state index in [4.69, 9.17) is 4.42 Å². The van der Waals surface area contributed by atoms with Gasteiger partial charge in [-0.3, -0.25) is 4.79 Å². The highest BCUT2D eigenvalue weighted by Crippen LogP contribution is 2.39. The maximum Gasteiger partial charge on any atom is 0.265 e. The number of hydrogen-bond donors (Lipinski definition) is 1. The number of fused-ring (bicyclic) bond motifs is 3. The number of amides is 1. The zero-order valence-corrected chi connectivity index (χ0v) is 16.0. The number of nitrogens with one attached hydrogen (secondary N) is 1. The second-order valence-corrected chi connectivity index (χ2v) is 7.90. The molecule has 0 fully saturated rings. The lowest BCUT2D eigenvalue weighted by Gasteiger charge is -2.15. The predicted molar refractivity (Wildman–Crippen MR) is 110 cm³/mol. The molecule has 2 heterocycles. The van der Waals surface area contributed by atoms with E-state index in [0.717, 1.165) is 34.5 Å². The normalized spacial score (nSPS) is 12.3. The average Bonchev–Trinajstić information content (AvgIpc) is 3.39. The highest BCUT2D eigenvalue weighted by molar-refractivity contribution is 7.17. The third-order valence-corrected chi connectivity index (χ3v) is 6.26. The summed E-state index contributed by atoms with van der Waals surface area (Å²) in [4.78, 5) is 14.9. The van der Waals surface area contributed by atoms with Gasteiger partial charge in [-0.05, 0) is 60.2 Å². The van der Waals surface area contributed by atoms with Crippen molar-refractivity contribution in [1.82, 2.24) is 10.2 Å². The summed E-state index contributed by atoms with van der Waals surface area (Å²) in [5, 5.41) is 10.7. The molecule has 1 aliphatic rings. The topological polar surface area (TPSA) is 68.0 Å². The summed E-state index contributed by atoms with van der Waals surface area (Å²) in [5.41, 5.74) is 6.35. The molecule has 1 N–H and O–H groups in total. The highest BCUT2D eigenvalue weighted by atomic mass is 32.1. The molecular formula is C22H17N3O2S. The predicted octanol–water partition coefficient (Wildman–Crippen LogP) is 5.12. The van der Waals surface area contributed by atoms with Gasteiger partial charge in [0, 0.05) is 16.1 Å². The molecule has 0 saturated heterocycles. The van der Waals surface area contributed by atoms with Gasteiger partial charge in [-0.1, -0.05) is 30.3 Å². The minimum Gasteiger partial charge on any atom is -0.423 e. The lowest BCUT2D eigenvalue weighted by atomic mass is 9.91. The van der Waals surface area contributed by atoms with Crippen molar-refractivity contribution in [3.63, 3.8) is 0 Å². The minimum atomic E-state index is -0.0948. The maximum absolute atomic E-state index is 12.9. The Morgan fingerprint density at radius 3 is 2.82 bits per heavy atom. The summed E-state index contributed by atoms with van der Waals surface area (Å²) < 4.78 is 5.26. The standard InChI is InChI=1S/C22H17N3O2S/c1-13-6-7-16(22-25-23-12-27-22)10-18(13)24-21(26)19-11-15-9-8-14-4-2-3-5-17(14)20(15)28-19/h2-7,10-12H,8-9H2,1H3,(H,24,26). The number of aromatic nitrogens is 2. The Morgan fingerprint density at radius 1 is 1.11 bits per heavy atom. The van der Waals surface area contributed by atoms with E-state index in [-0.39, 0.29) is 5.91 Å². The van der Waals surface area contributed by atoms with E-state index >= 15 is 0 Å². The van der Waals surface area contributed by atoms with E-state index in [9.17, 15) is 4.79 Å². The van der Waals surface area contributed by atoms with E-state index in [0.29, 0.717) is 5.89 Å². The van der Waals surface area contributed by atoms with Crippen LogP contribution in [0.4, 0.5) is 5.69 Å². The number of thiophene rings is 1. The van der Waals surface area contributed by atoms with Crippen LogP contribution in [0.15, 0.2) is 59.3 Å². The van der Waals surface area contributed by atoms with Crippen molar-refractivity contribution in [3.8, 4) is 21.9 Å². The first kappa shape index (κ1) is 16.9. The van der Waals surface area contributed by atoms with Crippen molar-refractivity contribution in [2.75, 3.05) is 5.32 Å². The van der Waals surface area contributed by atoms with Gasteiger partial charge in [0.25, 0.3) is 5.91 Å². The van der Waals surface area contributed by atoms with Crippen molar-refractivity contribution >= 4 is 22.9 Å². The first-order valence-corrected chi connectivity index (χ1v) is 9.90. The molecule has 0 bridgehead atoms. The van der Waals surface area contributed by atoms with Gasteiger partial charge in [0.05, 0.1) is 4.88 Å². The molecule has 0 atom stereocenters. The van der Waals surface area contributed by atoms with Gasteiger partial charge in [0.2, 0.25) is 12.3 Å². The quantitative estimate of drug-likeness (QED) is 0.529. The van der Waals surface area contributed by atoms with Crippen molar-refractivity contribution in [2.45, 2.75) is 19.8 Å². The SMILES string of the molecule is Cc1ccc(-c2nnco2)cc1NC(=O)c1cc2c(s1)-c1ccccc1CC2. The number of hydrogen-bond acceptors (Lipinski definition) is 5. The van der Waals surface area contributed by atoms with Crippen molar-refractivity contribution in [3.05, 3.63) is 76.5 Å². The number of aryl methyl sites for hydroxylation is 3. The molecule has 28 heavy (non-hydrogen) atoms. The molecule has 1 aliphatic carbocycles. The van der Waals surface area contributed by atoms with Gasteiger partial charge in [-0.25, -0.2) is 0 Å². The molecule has 4 aromatic rings.